The fourth-order valence-electron chi connectivity index (χ4n) is 3.68. The number of hydrazone groups is 1. The summed E-state index contributed by atoms with van der Waals surface area (Å²) >= 11 is 2.17. The molecule has 0 radical (unpaired) electrons. The highest BCUT2D eigenvalue weighted by atomic mass is 127. The fourth-order valence-corrected chi connectivity index (χ4v) is 4.38. The largest absolute Gasteiger partial charge is 0.490 e. The molecule has 2 amide bonds. The van der Waals surface area contributed by atoms with E-state index in [1.54, 1.807) is 37.4 Å². The molecule has 4 N–H and O–H groups in total. The number of allylic oxidation sites excluding steroid dienone is 1. The van der Waals surface area contributed by atoms with Gasteiger partial charge in [0.15, 0.2) is 17.7 Å². The topological polar surface area (TPSA) is 140 Å². The molecule has 0 aliphatic carbocycles. The van der Waals surface area contributed by atoms with Crippen molar-refractivity contribution in [2.24, 2.45) is 5.10 Å². The number of halogens is 1. The Morgan fingerprint density at radius 2 is 1.97 bits per heavy atom. The third kappa shape index (κ3) is 8.10. The minimum atomic E-state index is -1.11. The molecule has 1 aliphatic heterocycles. The molecule has 208 valence electrons. The Bertz CT molecular complexity index is 1260. The molecule has 39 heavy (non-hydrogen) atoms. The Hall–Kier alpha value is -3.78. The standard InChI is InChI=1S/C27H31IN4O7/c1-5-11-38-20-9-7-17(12-19(20)28)14-29-32-23(33)15-39-21-10-8-18(13-22(21)37-6-2)25-24(26(34)36-4)16(3)30-27(35)31-25/h5,7-10,12-14,23,25,32-33H,1,6,11,15H2,2-4H3,(H2,30,31,35)/b29-14-/t23-,25+/m1/s1. The van der Waals surface area contributed by atoms with Crippen LogP contribution in [0, 0.1) is 3.57 Å². The molecule has 2 aromatic carbocycles. The summed E-state index contributed by atoms with van der Waals surface area (Å²) in [7, 11) is 1.28. The first-order chi connectivity index (χ1) is 18.8. The predicted octanol–water partition coefficient (Wildman–Crippen LogP) is 3.38. The van der Waals surface area contributed by atoms with Crippen LogP contribution in [-0.4, -0.2) is 56.5 Å². The number of esters is 1. The van der Waals surface area contributed by atoms with Crippen LogP contribution in [0.1, 0.15) is 31.0 Å². The van der Waals surface area contributed by atoms with Gasteiger partial charge in [-0.2, -0.15) is 5.10 Å². The number of aliphatic hydroxyl groups excluding tert-OH is 1. The van der Waals surface area contributed by atoms with Crippen molar-refractivity contribution < 1.29 is 33.6 Å². The van der Waals surface area contributed by atoms with Gasteiger partial charge in [0.05, 0.1) is 35.1 Å². The van der Waals surface area contributed by atoms with Gasteiger partial charge < -0.3 is 34.7 Å². The van der Waals surface area contributed by atoms with Gasteiger partial charge in [-0.25, -0.2) is 9.59 Å². The third-order valence-corrected chi connectivity index (χ3v) is 6.26. The molecular weight excluding hydrogens is 619 g/mol. The van der Waals surface area contributed by atoms with E-state index in [0.29, 0.717) is 36.0 Å². The van der Waals surface area contributed by atoms with Crippen molar-refractivity contribution in [2.75, 3.05) is 26.9 Å². The number of hydrogen-bond acceptors (Lipinski definition) is 9. The van der Waals surface area contributed by atoms with E-state index in [-0.39, 0.29) is 12.2 Å². The van der Waals surface area contributed by atoms with Crippen LogP contribution < -0.4 is 30.3 Å². The molecule has 0 spiro atoms. The maximum atomic E-state index is 12.4. The van der Waals surface area contributed by atoms with E-state index < -0.39 is 24.3 Å². The van der Waals surface area contributed by atoms with Crippen molar-refractivity contribution in [2.45, 2.75) is 26.1 Å². The molecule has 0 aromatic heterocycles. The number of nitrogens with zero attached hydrogens (tertiary/aromatic N) is 1. The van der Waals surface area contributed by atoms with Gasteiger partial charge in [0.25, 0.3) is 0 Å². The number of aliphatic hydroxyl groups is 1. The summed E-state index contributed by atoms with van der Waals surface area (Å²) < 4.78 is 22.9. The summed E-state index contributed by atoms with van der Waals surface area (Å²) in [4.78, 5) is 24.5. The third-order valence-electron chi connectivity index (χ3n) is 5.42. The lowest BCUT2D eigenvalue weighted by molar-refractivity contribution is -0.136. The summed E-state index contributed by atoms with van der Waals surface area (Å²) in [6.45, 7) is 7.72. The first-order valence-electron chi connectivity index (χ1n) is 12.0. The molecule has 1 heterocycles. The SMILES string of the molecule is C=CCOc1ccc(/C=N\N[C@H](O)COc2ccc([C@@H]3NC(=O)NC(C)=C3C(=O)OC)cc2OCC)cc1I. The van der Waals surface area contributed by atoms with Gasteiger partial charge in [0.2, 0.25) is 0 Å². The zero-order valence-electron chi connectivity index (χ0n) is 21.8. The molecule has 2 atom stereocenters. The number of carbonyl (C=O) groups excluding carboxylic acids is 2. The monoisotopic (exact) mass is 650 g/mol. The van der Waals surface area contributed by atoms with Gasteiger partial charge in [-0.15, -0.1) is 0 Å². The minimum absolute atomic E-state index is 0.126. The van der Waals surface area contributed by atoms with Gasteiger partial charge in [0.1, 0.15) is 19.0 Å². The van der Waals surface area contributed by atoms with Crippen LogP contribution in [-0.2, 0) is 9.53 Å². The molecule has 1 aliphatic rings. The van der Waals surface area contributed by atoms with Crippen LogP contribution in [0.15, 0.2) is 65.4 Å². The van der Waals surface area contributed by atoms with Crippen LogP contribution in [0.3, 0.4) is 0 Å². The number of benzene rings is 2. The number of nitrogens with one attached hydrogen (secondary N) is 3. The van der Waals surface area contributed by atoms with Crippen LogP contribution in [0.25, 0.3) is 0 Å². The Morgan fingerprint density at radius 1 is 1.21 bits per heavy atom. The van der Waals surface area contributed by atoms with Gasteiger partial charge in [-0.05, 0) is 77.9 Å². The first-order valence-corrected chi connectivity index (χ1v) is 13.1. The molecular formula is C27H31IN4O7. The van der Waals surface area contributed by atoms with Crippen molar-refractivity contribution in [1.82, 2.24) is 16.1 Å². The summed E-state index contributed by atoms with van der Waals surface area (Å²) in [6.07, 6.45) is 2.15. The lowest BCUT2D eigenvalue weighted by Crippen LogP contribution is -2.45. The second-order valence-electron chi connectivity index (χ2n) is 8.20. The second-order valence-corrected chi connectivity index (χ2v) is 9.37. The molecule has 0 fully saturated rings. The lowest BCUT2D eigenvalue weighted by atomic mass is 9.95. The number of ether oxygens (including phenoxy) is 4. The van der Waals surface area contributed by atoms with Crippen LogP contribution >= 0.6 is 22.6 Å². The quantitative estimate of drug-likeness (QED) is 0.0647. The lowest BCUT2D eigenvalue weighted by Gasteiger charge is -2.28. The van der Waals surface area contributed by atoms with E-state index in [4.69, 9.17) is 18.9 Å². The Kier molecular flexibility index (Phi) is 11.0. The number of methoxy groups -OCH3 is 1. The van der Waals surface area contributed by atoms with Gasteiger partial charge in [-0.3, -0.25) is 5.43 Å². The van der Waals surface area contributed by atoms with Gasteiger partial charge in [-0.1, -0.05) is 18.7 Å². The van der Waals surface area contributed by atoms with E-state index >= 15 is 0 Å². The molecule has 12 heteroatoms. The number of urea groups is 1. The highest BCUT2D eigenvalue weighted by molar-refractivity contribution is 14.1. The Labute approximate surface area is 240 Å². The number of amides is 2. The average Bonchev–Trinajstić information content (AvgIpc) is 2.91. The molecule has 0 saturated carbocycles. The van der Waals surface area contributed by atoms with Gasteiger partial charge >= 0.3 is 12.0 Å². The number of hydrogen-bond donors (Lipinski definition) is 4. The summed E-state index contributed by atoms with van der Waals surface area (Å²) in [6, 6.07) is 9.42. The van der Waals surface area contributed by atoms with Crippen molar-refractivity contribution >= 4 is 40.8 Å². The Balaban J connectivity index is 1.66. The summed E-state index contributed by atoms with van der Waals surface area (Å²) in [5, 5.41) is 19.7. The van der Waals surface area contributed by atoms with E-state index in [0.717, 1.165) is 14.9 Å². The van der Waals surface area contributed by atoms with E-state index in [9.17, 15) is 14.7 Å². The van der Waals surface area contributed by atoms with Crippen molar-refractivity contribution in [3.05, 3.63) is 75.0 Å². The average molecular weight is 650 g/mol. The van der Waals surface area contributed by atoms with Crippen LogP contribution in [0.5, 0.6) is 17.2 Å². The maximum Gasteiger partial charge on any atom is 0.337 e. The van der Waals surface area contributed by atoms with Gasteiger partial charge in [0, 0.05) is 5.70 Å². The minimum Gasteiger partial charge on any atom is -0.490 e. The molecule has 11 nitrogen and oxygen atoms in total. The zero-order chi connectivity index (χ0) is 28.4. The highest BCUT2D eigenvalue weighted by Crippen LogP contribution is 2.35. The summed E-state index contributed by atoms with van der Waals surface area (Å²) in [5.74, 6) is 0.939. The predicted molar refractivity (Wildman–Crippen MR) is 154 cm³/mol. The normalized spacial score (nSPS) is 15.7. The van der Waals surface area contributed by atoms with Crippen LogP contribution in [0.4, 0.5) is 4.79 Å². The second kappa shape index (κ2) is 14.4. The molecule has 2 aromatic rings. The zero-order valence-corrected chi connectivity index (χ0v) is 24.0. The van der Waals surface area contributed by atoms with E-state index in [1.807, 2.05) is 25.1 Å². The van der Waals surface area contributed by atoms with Crippen molar-refractivity contribution in [3.63, 3.8) is 0 Å². The highest BCUT2D eigenvalue weighted by Gasteiger charge is 2.32. The summed E-state index contributed by atoms with van der Waals surface area (Å²) in [5.41, 5.74) is 4.71. The maximum absolute atomic E-state index is 12.4. The molecule has 0 saturated heterocycles. The molecule has 3 rings (SSSR count). The smallest absolute Gasteiger partial charge is 0.337 e. The van der Waals surface area contributed by atoms with Crippen LogP contribution in [0.2, 0.25) is 0 Å². The van der Waals surface area contributed by atoms with Crippen molar-refractivity contribution in [3.8, 4) is 17.2 Å². The first kappa shape index (κ1) is 29.8. The number of carbonyl (C=O) groups is 2. The fraction of sp³-hybridized carbons (Fsp3) is 0.296. The van der Waals surface area contributed by atoms with E-state index in [2.05, 4.69) is 50.3 Å². The number of rotatable bonds is 13. The molecule has 0 bridgehead atoms. The van der Waals surface area contributed by atoms with Crippen molar-refractivity contribution in [1.29, 1.82) is 0 Å². The van der Waals surface area contributed by atoms with E-state index in [1.165, 1.54) is 7.11 Å². The molecule has 0 unspecified atom stereocenters. The Morgan fingerprint density at radius 3 is 2.67 bits per heavy atom.